The molecular formula is C19H24N4O2. The zero-order valence-electron chi connectivity index (χ0n) is 15.0. The molecule has 1 fully saturated rings. The van der Waals surface area contributed by atoms with E-state index in [4.69, 9.17) is 9.47 Å². The topological polar surface area (TPSA) is 52.4 Å². The molecule has 2 aliphatic heterocycles. The fraction of sp³-hybridized carbons (Fsp3) is 0.474. The minimum Gasteiger partial charge on any atom is -0.474 e. The van der Waals surface area contributed by atoms with Gasteiger partial charge in [-0.25, -0.2) is 4.68 Å². The Morgan fingerprint density at radius 3 is 2.72 bits per heavy atom. The van der Waals surface area contributed by atoms with Crippen molar-refractivity contribution in [3.63, 3.8) is 0 Å². The second kappa shape index (κ2) is 5.88. The van der Waals surface area contributed by atoms with Crippen molar-refractivity contribution < 1.29 is 9.47 Å². The van der Waals surface area contributed by atoms with Crippen LogP contribution in [0.5, 0.6) is 0 Å². The van der Waals surface area contributed by atoms with Crippen LogP contribution in [0.25, 0.3) is 11.3 Å². The third kappa shape index (κ3) is 3.02. The summed E-state index contributed by atoms with van der Waals surface area (Å²) in [4.78, 5) is 2.14. The van der Waals surface area contributed by atoms with E-state index in [0.29, 0.717) is 12.5 Å². The highest BCUT2D eigenvalue weighted by molar-refractivity contribution is 5.61. The van der Waals surface area contributed by atoms with Crippen LogP contribution in [-0.4, -0.2) is 44.7 Å². The van der Waals surface area contributed by atoms with Crippen LogP contribution in [0.1, 0.15) is 32.5 Å². The molecule has 2 atom stereocenters. The van der Waals surface area contributed by atoms with Crippen LogP contribution in [0.2, 0.25) is 0 Å². The van der Waals surface area contributed by atoms with Crippen LogP contribution in [-0.2, 0) is 16.1 Å². The van der Waals surface area contributed by atoms with Gasteiger partial charge in [0.25, 0.3) is 0 Å². The van der Waals surface area contributed by atoms with Gasteiger partial charge in [-0.05, 0) is 27.4 Å². The van der Waals surface area contributed by atoms with Gasteiger partial charge in [-0.1, -0.05) is 35.5 Å². The zero-order chi connectivity index (χ0) is 17.6. The summed E-state index contributed by atoms with van der Waals surface area (Å²) in [6.07, 6.45) is 0.0816. The van der Waals surface area contributed by atoms with Crippen molar-refractivity contribution >= 4 is 0 Å². The molecule has 2 aromatic rings. The van der Waals surface area contributed by atoms with Gasteiger partial charge < -0.3 is 14.4 Å². The van der Waals surface area contributed by atoms with Gasteiger partial charge in [-0.15, -0.1) is 5.10 Å². The summed E-state index contributed by atoms with van der Waals surface area (Å²) in [6, 6.07) is 10.3. The van der Waals surface area contributed by atoms with E-state index < -0.39 is 0 Å². The molecule has 3 heterocycles. The number of likely N-dealkylation sites (tertiary alicyclic amines) is 1. The first kappa shape index (κ1) is 16.1. The van der Waals surface area contributed by atoms with E-state index in [1.54, 1.807) is 0 Å². The molecule has 0 spiro atoms. The van der Waals surface area contributed by atoms with Gasteiger partial charge in [0, 0.05) is 18.7 Å². The lowest BCUT2D eigenvalue weighted by atomic mass is 10.1. The van der Waals surface area contributed by atoms with E-state index in [-0.39, 0.29) is 17.7 Å². The Balaban J connectivity index is 1.57. The number of hydrogen-bond donors (Lipinski definition) is 0. The summed E-state index contributed by atoms with van der Waals surface area (Å²) in [5.41, 5.74) is 2.75. The van der Waals surface area contributed by atoms with Crippen LogP contribution in [0, 0.1) is 0 Å². The molecule has 0 N–H and O–H groups in total. The third-order valence-electron chi connectivity index (χ3n) is 4.60. The summed E-state index contributed by atoms with van der Waals surface area (Å²) in [5, 5.41) is 8.85. The fourth-order valence-corrected chi connectivity index (χ4v) is 3.50. The molecular weight excluding hydrogens is 316 g/mol. The Labute approximate surface area is 148 Å². The van der Waals surface area contributed by atoms with Crippen LogP contribution < -0.4 is 0 Å². The number of nitrogens with zero attached hydrogens (tertiary/aromatic N) is 4. The maximum Gasteiger partial charge on any atom is 0.182 e. The number of fused-ring (bicyclic) bond motifs is 3. The van der Waals surface area contributed by atoms with Crippen molar-refractivity contribution in [1.82, 2.24) is 19.9 Å². The molecule has 0 bridgehead atoms. The van der Waals surface area contributed by atoms with E-state index in [1.807, 2.05) is 43.7 Å². The highest BCUT2D eigenvalue weighted by Gasteiger charge is 2.41. The predicted octanol–water partition coefficient (Wildman–Crippen LogP) is 2.99. The molecule has 1 unspecified atom stereocenters. The van der Waals surface area contributed by atoms with Crippen molar-refractivity contribution in [3.8, 4) is 11.3 Å². The molecule has 6 heteroatoms. The van der Waals surface area contributed by atoms with Gasteiger partial charge in [0.1, 0.15) is 11.3 Å². The van der Waals surface area contributed by atoms with E-state index >= 15 is 0 Å². The molecule has 0 aliphatic carbocycles. The average Bonchev–Trinajstić information content (AvgIpc) is 3.17. The number of aromatic nitrogens is 3. The van der Waals surface area contributed by atoms with Crippen LogP contribution >= 0.6 is 0 Å². The Bertz CT molecular complexity index is 778. The monoisotopic (exact) mass is 340 g/mol. The first-order valence-corrected chi connectivity index (χ1v) is 8.66. The Kier molecular flexibility index (Phi) is 3.80. The molecule has 0 amide bonds. The van der Waals surface area contributed by atoms with Gasteiger partial charge >= 0.3 is 0 Å². The SMILES string of the molecule is C=C(OC(C)(C)C)N1CC2[C@H](C1)OCc1c(-c3ccccc3)nnn12. The van der Waals surface area contributed by atoms with Gasteiger partial charge in [0.2, 0.25) is 0 Å². The van der Waals surface area contributed by atoms with E-state index in [9.17, 15) is 0 Å². The summed E-state index contributed by atoms with van der Waals surface area (Å²) in [6.45, 7) is 12.2. The Hall–Kier alpha value is -2.34. The standard InChI is InChI=1S/C19H24N4O2/c1-13(25-19(2,3)4)22-10-15-17(11-22)24-12-16-18(20-21-23(15)16)14-8-6-5-7-9-14/h5-9,15,17H,1,10-12H2,2-4H3/t15?,17-/m0/s1. The summed E-state index contributed by atoms with van der Waals surface area (Å²) >= 11 is 0. The van der Waals surface area contributed by atoms with Crippen molar-refractivity contribution in [2.75, 3.05) is 13.1 Å². The molecule has 2 aliphatic rings. The Morgan fingerprint density at radius 2 is 2.00 bits per heavy atom. The lowest BCUT2D eigenvalue weighted by molar-refractivity contribution is -0.0128. The molecule has 132 valence electrons. The third-order valence-corrected chi connectivity index (χ3v) is 4.60. The highest BCUT2D eigenvalue weighted by Crippen LogP contribution is 2.35. The van der Waals surface area contributed by atoms with E-state index in [0.717, 1.165) is 30.0 Å². The molecule has 1 saturated heterocycles. The van der Waals surface area contributed by atoms with Crippen LogP contribution in [0.15, 0.2) is 42.8 Å². The Morgan fingerprint density at radius 1 is 1.24 bits per heavy atom. The van der Waals surface area contributed by atoms with Crippen molar-refractivity contribution in [2.24, 2.45) is 0 Å². The molecule has 1 aromatic carbocycles. The smallest absolute Gasteiger partial charge is 0.182 e. The summed E-state index contributed by atoms with van der Waals surface area (Å²) in [7, 11) is 0. The van der Waals surface area contributed by atoms with E-state index in [1.165, 1.54) is 0 Å². The second-order valence-corrected chi connectivity index (χ2v) is 7.63. The van der Waals surface area contributed by atoms with Crippen molar-refractivity contribution in [2.45, 2.75) is 45.1 Å². The maximum absolute atomic E-state index is 6.12. The first-order chi connectivity index (χ1) is 11.9. The average molecular weight is 340 g/mol. The van der Waals surface area contributed by atoms with E-state index in [2.05, 4.69) is 33.9 Å². The second-order valence-electron chi connectivity index (χ2n) is 7.63. The van der Waals surface area contributed by atoms with Crippen molar-refractivity contribution in [1.29, 1.82) is 0 Å². The lowest BCUT2D eigenvalue weighted by Gasteiger charge is -2.28. The van der Waals surface area contributed by atoms with Gasteiger partial charge in [-0.2, -0.15) is 0 Å². The van der Waals surface area contributed by atoms with Gasteiger partial charge in [0.15, 0.2) is 5.88 Å². The highest BCUT2D eigenvalue weighted by atomic mass is 16.5. The molecule has 0 saturated carbocycles. The molecule has 4 rings (SSSR count). The summed E-state index contributed by atoms with van der Waals surface area (Å²) < 4.78 is 14.1. The number of benzene rings is 1. The fourth-order valence-electron chi connectivity index (χ4n) is 3.50. The maximum atomic E-state index is 6.12. The predicted molar refractivity (Wildman–Crippen MR) is 94.6 cm³/mol. The summed E-state index contributed by atoms with van der Waals surface area (Å²) in [5.74, 6) is 0.690. The number of ether oxygens (including phenoxy) is 2. The van der Waals surface area contributed by atoms with Gasteiger partial charge in [0.05, 0.1) is 24.4 Å². The first-order valence-electron chi connectivity index (χ1n) is 8.66. The van der Waals surface area contributed by atoms with Gasteiger partial charge in [-0.3, -0.25) is 0 Å². The molecule has 6 nitrogen and oxygen atoms in total. The normalized spacial score (nSPS) is 22.4. The number of rotatable bonds is 3. The number of hydrogen-bond acceptors (Lipinski definition) is 5. The minimum atomic E-state index is -0.259. The molecule has 0 radical (unpaired) electrons. The lowest BCUT2D eigenvalue weighted by Crippen LogP contribution is -2.32. The minimum absolute atomic E-state index is 0.0816. The zero-order valence-corrected chi connectivity index (χ0v) is 15.0. The van der Waals surface area contributed by atoms with Crippen LogP contribution in [0.4, 0.5) is 0 Å². The molecule has 1 aromatic heterocycles. The van der Waals surface area contributed by atoms with Crippen molar-refractivity contribution in [3.05, 3.63) is 48.5 Å². The molecule has 25 heavy (non-hydrogen) atoms. The largest absolute Gasteiger partial charge is 0.474 e. The quantitative estimate of drug-likeness (QED) is 0.804. The van der Waals surface area contributed by atoms with Crippen LogP contribution in [0.3, 0.4) is 0 Å².